The van der Waals surface area contributed by atoms with Gasteiger partial charge in [-0.25, -0.2) is 0 Å². The first-order valence-electron chi connectivity index (χ1n) is 7.04. The van der Waals surface area contributed by atoms with E-state index in [0.717, 1.165) is 40.8 Å². The minimum Gasteiger partial charge on any atom is -0.490 e. The molecule has 2 aliphatic rings. The lowest BCUT2D eigenvalue weighted by molar-refractivity contribution is 0.297. The van der Waals surface area contributed by atoms with Crippen molar-refractivity contribution >= 4 is 11.6 Å². The Hall–Kier alpha value is -0.930. The molecule has 19 heavy (non-hydrogen) atoms. The molecule has 0 aromatic heterocycles. The third-order valence-corrected chi connectivity index (χ3v) is 4.18. The Bertz CT molecular complexity index is 460. The van der Waals surface area contributed by atoms with Gasteiger partial charge in [-0.05, 0) is 31.0 Å². The van der Waals surface area contributed by atoms with Crippen LogP contribution in [-0.4, -0.2) is 20.3 Å². The van der Waals surface area contributed by atoms with Crippen LogP contribution in [0.15, 0.2) is 12.1 Å². The van der Waals surface area contributed by atoms with Gasteiger partial charge in [-0.2, -0.15) is 0 Å². The molecule has 1 N–H and O–H groups in total. The van der Waals surface area contributed by atoms with E-state index in [1.54, 1.807) is 0 Å². The Morgan fingerprint density at radius 3 is 2.58 bits per heavy atom. The van der Waals surface area contributed by atoms with E-state index in [4.69, 9.17) is 21.1 Å². The molecule has 104 valence electrons. The van der Waals surface area contributed by atoms with Crippen molar-refractivity contribution in [2.24, 2.45) is 5.92 Å². The largest absolute Gasteiger partial charge is 0.490 e. The van der Waals surface area contributed by atoms with Gasteiger partial charge in [0.2, 0.25) is 0 Å². The van der Waals surface area contributed by atoms with E-state index in [1.807, 2.05) is 19.2 Å². The molecule has 1 atom stereocenters. The number of ether oxygens (including phenoxy) is 2. The molecule has 1 aromatic rings. The Kier molecular flexibility index (Phi) is 3.85. The van der Waals surface area contributed by atoms with Crippen molar-refractivity contribution in [3.05, 3.63) is 22.7 Å². The molecule has 3 rings (SSSR count). The van der Waals surface area contributed by atoms with E-state index in [2.05, 4.69) is 5.32 Å². The summed E-state index contributed by atoms with van der Waals surface area (Å²) >= 11 is 6.42. The summed E-state index contributed by atoms with van der Waals surface area (Å²) in [7, 11) is 1.99. The number of halogens is 1. The van der Waals surface area contributed by atoms with Gasteiger partial charge in [0.15, 0.2) is 11.5 Å². The van der Waals surface area contributed by atoms with E-state index in [9.17, 15) is 0 Å². The first-order chi connectivity index (χ1) is 9.28. The molecule has 1 aliphatic heterocycles. The van der Waals surface area contributed by atoms with E-state index in [1.165, 1.54) is 12.8 Å². The average molecular weight is 282 g/mol. The smallest absolute Gasteiger partial charge is 0.162 e. The molecule has 0 amide bonds. The van der Waals surface area contributed by atoms with Crippen LogP contribution in [0.4, 0.5) is 0 Å². The highest BCUT2D eigenvalue weighted by Gasteiger charge is 2.27. The lowest BCUT2D eigenvalue weighted by atomic mass is 10.0. The van der Waals surface area contributed by atoms with Gasteiger partial charge in [-0.1, -0.05) is 24.4 Å². The first kappa shape index (κ1) is 13.1. The predicted molar refractivity (Wildman–Crippen MR) is 76.2 cm³/mol. The van der Waals surface area contributed by atoms with Gasteiger partial charge < -0.3 is 14.8 Å². The van der Waals surface area contributed by atoms with Crippen molar-refractivity contribution in [3.63, 3.8) is 0 Å². The van der Waals surface area contributed by atoms with Crippen molar-refractivity contribution in [2.75, 3.05) is 20.3 Å². The number of hydrogen-bond donors (Lipinski definition) is 1. The van der Waals surface area contributed by atoms with Gasteiger partial charge in [0.05, 0.1) is 13.2 Å². The monoisotopic (exact) mass is 281 g/mol. The number of benzene rings is 1. The lowest BCUT2D eigenvalue weighted by Crippen LogP contribution is -2.17. The molecule has 1 fully saturated rings. The van der Waals surface area contributed by atoms with Crippen LogP contribution in [-0.2, 0) is 0 Å². The molecule has 4 heteroatoms. The molecular formula is C15H20ClNO2. The lowest BCUT2D eigenvalue weighted by Gasteiger charge is -2.19. The van der Waals surface area contributed by atoms with Gasteiger partial charge in [-0.15, -0.1) is 0 Å². The Morgan fingerprint density at radius 2 is 1.95 bits per heavy atom. The molecule has 0 spiro atoms. The van der Waals surface area contributed by atoms with Gasteiger partial charge in [0.25, 0.3) is 0 Å². The van der Waals surface area contributed by atoms with Crippen molar-refractivity contribution < 1.29 is 9.47 Å². The molecular weight excluding hydrogens is 262 g/mol. The second kappa shape index (κ2) is 5.59. The second-order valence-electron chi connectivity index (χ2n) is 5.39. The van der Waals surface area contributed by atoms with Crippen LogP contribution in [0.3, 0.4) is 0 Å². The van der Waals surface area contributed by atoms with Crippen LogP contribution in [0.25, 0.3) is 0 Å². The maximum absolute atomic E-state index is 6.42. The third-order valence-electron chi connectivity index (χ3n) is 3.86. The SMILES string of the molecule is CNC(CC1CC1)c1cc2c(cc1Cl)OCCCO2. The van der Waals surface area contributed by atoms with E-state index in [0.29, 0.717) is 19.3 Å². The zero-order valence-electron chi connectivity index (χ0n) is 11.2. The third kappa shape index (κ3) is 2.98. The Labute approximate surface area is 119 Å². The maximum Gasteiger partial charge on any atom is 0.162 e. The Morgan fingerprint density at radius 1 is 1.26 bits per heavy atom. The fraction of sp³-hybridized carbons (Fsp3) is 0.600. The second-order valence-corrected chi connectivity index (χ2v) is 5.80. The summed E-state index contributed by atoms with van der Waals surface area (Å²) in [6.07, 6.45) is 4.76. The number of nitrogens with one attached hydrogen (secondary N) is 1. The highest BCUT2D eigenvalue weighted by atomic mass is 35.5. The van der Waals surface area contributed by atoms with Gasteiger partial charge in [0.1, 0.15) is 0 Å². The highest BCUT2D eigenvalue weighted by molar-refractivity contribution is 6.31. The summed E-state index contributed by atoms with van der Waals surface area (Å²) in [6.45, 7) is 1.40. The quantitative estimate of drug-likeness (QED) is 0.915. The number of rotatable bonds is 4. The van der Waals surface area contributed by atoms with Crippen LogP contribution in [0.2, 0.25) is 5.02 Å². The van der Waals surface area contributed by atoms with E-state index < -0.39 is 0 Å². The Balaban J connectivity index is 1.88. The fourth-order valence-electron chi connectivity index (χ4n) is 2.55. The molecule has 1 heterocycles. The average Bonchev–Trinajstić information content (AvgIpc) is 3.22. The normalized spacial score (nSPS) is 19.9. The number of fused-ring (bicyclic) bond motifs is 1. The van der Waals surface area contributed by atoms with Crippen LogP contribution < -0.4 is 14.8 Å². The molecule has 1 aromatic carbocycles. The van der Waals surface area contributed by atoms with Gasteiger partial charge in [-0.3, -0.25) is 0 Å². The maximum atomic E-state index is 6.42. The van der Waals surface area contributed by atoms with Crippen LogP contribution in [0.5, 0.6) is 11.5 Å². The topological polar surface area (TPSA) is 30.5 Å². The standard InChI is InChI=1S/C15H20ClNO2/c1-17-13(7-10-3-4-10)11-8-14-15(9-12(11)16)19-6-2-5-18-14/h8-10,13,17H,2-7H2,1H3. The molecule has 3 nitrogen and oxygen atoms in total. The molecule has 0 bridgehead atoms. The molecule has 1 saturated carbocycles. The zero-order chi connectivity index (χ0) is 13.2. The van der Waals surface area contributed by atoms with Crippen LogP contribution >= 0.6 is 11.6 Å². The summed E-state index contributed by atoms with van der Waals surface area (Å²) in [5, 5.41) is 4.14. The number of hydrogen-bond acceptors (Lipinski definition) is 3. The van der Waals surface area contributed by atoms with E-state index >= 15 is 0 Å². The van der Waals surface area contributed by atoms with Crippen molar-refractivity contribution in [1.82, 2.24) is 5.32 Å². The van der Waals surface area contributed by atoms with E-state index in [-0.39, 0.29) is 0 Å². The summed E-state index contributed by atoms with van der Waals surface area (Å²) in [6, 6.07) is 4.25. The van der Waals surface area contributed by atoms with Crippen molar-refractivity contribution in [2.45, 2.75) is 31.7 Å². The molecule has 1 unspecified atom stereocenters. The van der Waals surface area contributed by atoms with Gasteiger partial charge in [0, 0.05) is 23.6 Å². The first-order valence-corrected chi connectivity index (χ1v) is 7.42. The minimum atomic E-state index is 0.303. The summed E-state index contributed by atoms with van der Waals surface area (Å²) in [5.74, 6) is 2.45. The highest BCUT2D eigenvalue weighted by Crippen LogP contribution is 2.42. The van der Waals surface area contributed by atoms with Crippen molar-refractivity contribution in [3.8, 4) is 11.5 Å². The fourth-order valence-corrected chi connectivity index (χ4v) is 2.84. The van der Waals surface area contributed by atoms with Crippen LogP contribution in [0.1, 0.15) is 37.3 Å². The summed E-state index contributed by atoms with van der Waals surface area (Å²) < 4.78 is 11.4. The van der Waals surface area contributed by atoms with Crippen LogP contribution in [0, 0.1) is 5.92 Å². The summed E-state index contributed by atoms with van der Waals surface area (Å²) in [5.41, 5.74) is 1.13. The van der Waals surface area contributed by atoms with Crippen molar-refractivity contribution in [1.29, 1.82) is 0 Å². The molecule has 0 radical (unpaired) electrons. The molecule has 1 aliphatic carbocycles. The zero-order valence-corrected chi connectivity index (χ0v) is 12.0. The summed E-state index contributed by atoms with van der Waals surface area (Å²) in [4.78, 5) is 0. The van der Waals surface area contributed by atoms with Gasteiger partial charge >= 0.3 is 0 Å². The molecule has 0 saturated heterocycles. The predicted octanol–water partition coefficient (Wildman–Crippen LogP) is 3.56. The minimum absolute atomic E-state index is 0.303.